The smallest absolute Gasteiger partial charge is 0.240 e. The number of nitrogens with zero attached hydrogens (tertiary/aromatic N) is 2. The van der Waals surface area contributed by atoms with Crippen LogP contribution < -0.4 is 11.1 Å². The zero-order valence-electron chi connectivity index (χ0n) is 25.4. The molecule has 0 heterocycles. The molecule has 0 bridgehead atoms. The highest BCUT2D eigenvalue weighted by Gasteiger charge is 2.31. The number of carbonyl (C=O) groups is 1. The van der Waals surface area contributed by atoms with Gasteiger partial charge in [-0.25, -0.2) is 0 Å². The van der Waals surface area contributed by atoms with Gasteiger partial charge in [0.1, 0.15) is 5.84 Å². The molecule has 7 heteroatoms. The third-order valence-electron chi connectivity index (χ3n) is 7.20. The van der Waals surface area contributed by atoms with Crippen molar-refractivity contribution in [2.24, 2.45) is 10.7 Å². The number of hydrogen-bond donors (Lipinski definition) is 2. The van der Waals surface area contributed by atoms with E-state index in [0.29, 0.717) is 29.4 Å². The van der Waals surface area contributed by atoms with Crippen molar-refractivity contribution in [3.8, 4) is 0 Å². The van der Waals surface area contributed by atoms with Crippen LogP contribution in [0.2, 0.25) is 10.0 Å². The van der Waals surface area contributed by atoms with Gasteiger partial charge >= 0.3 is 0 Å². The molecule has 42 heavy (non-hydrogen) atoms. The third-order valence-corrected chi connectivity index (χ3v) is 7.94. The average molecular weight is 606 g/mol. The Labute approximate surface area is 261 Å². The maximum atomic E-state index is 13.4. The van der Waals surface area contributed by atoms with Gasteiger partial charge < -0.3 is 16.0 Å². The summed E-state index contributed by atoms with van der Waals surface area (Å²) in [5, 5.41) is 4.22. The maximum absolute atomic E-state index is 13.4. The van der Waals surface area contributed by atoms with Gasteiger partial charge in [-0.3, -0.25) is 9.79 Å². The number of amides is 1. The number of rotatable bonds is 11. The Morgan fingerprint density at radius 1 is 0.976 bits per heavy atom. The van der Waals surface area contributed by atoms with E-state index in [9.17, 15) is 4.79 Å². The number of aryl methyl sites for hydroxylation is 1. The minimum atomic E-state index is -1.07. The van der Waals surface area contributed by atoms with E-state index in [1.165, 1.54) is 0 Å². The summed E-state index contributed by atoms with van der Waals surface area (Å²) in [7, 11) is 1.77. The lowest BCUT2D eigenvalue weighted by atomic mass is 9.93. The van der Waals surface area contributed by atoms with Gasteiger partial charge in [0, 0.05) is 32.1 Å². The first-order valence-electron chi connectivity index (χ1n) is 14.2. The number of allylic oxidation sites excluding steroid dienone is 3. The molecule has 0 saturated heterocycles. The lowest BCUT2D eigenvalue weighted by Gasteiger charge is -2.35. The molecule has 0 saturated carbocycles. The van der Waals surface area contributed by atoms with Gasteiger partial charge in [0.25, 0.3) is 0 Å². The van der Waals surface area contributed by atoms with E-state index in [-0.39, 0.29) is 5.91 Å². The molecule has 0 aliphatic heterocycles. The molecule has 3 aromatic rings. The predicted molar refractivity (Wildman–Crippen MR) is 179 cm³/mol. The fourth-order valence-corrected chi connectivity index (χ4v) is 5.18. The lowest BCUT2D eigenvalue weighted by Crippen LogP contribution is -2.56. The molecule has 3 aromatic carbocycles. The number of nitrogens with two attached hydrogens (primary N) is 1. The first kappa shape index (κ1) is 33.1. The largest absolute Gasteiger partial charge is 0.344 e. The van der Waals surface area contributed by atoms with Crippen molar-refractivity contribution in [3.63, 3.8) is 0 Å². The number of nitrogens with one attached hydrogen (secondary N) is 1. The highest BCUT2D eigenvalue weighted by atomic mass is 35.5. The van der Waals surface area contributed by atoms with Crippen molar-refractivity contribution in [3.05, 3.63) is 123 Å². The van der Waals surface area contributed by atoms with Crippen molar-refractivity contribution >= 4 is 40.5 Å². The summed E-state index contributed by atoms with van der Waals surface area (Å²) in [6.45, 7) is 10.0. The molecule has 0 spiro atoms. The Bertz CT molecular complexity index is 1460. The molecule has 222 valence electrons. The van der Waals surface area contributed by atoms with E-state index in [1.807, 2.05) is 56.3 Å². The minimum absolute atomic E-state index is 0.256. The third kappa shape index (κ3) is 8.81. The molecule has 0 aromatic heterocycles. The SMILES string of the molecule is CC=C(Cc1ccccc1)N(Cc1ccc(Cl)c(Cl)c1)/C(=N\C)[C@@H](C/C(=C/C)c1ccccc1C)NC(=O)C(C)(C)N. The summed E-state index contributed by atoms with van der Waals surface area (Å²) in [6.07, 6.45) is 5.40. The molecule has 5 nitrogen and oxygen atoms in total. The van der Waals surface area contributed by atoms with Crippen LogP contribution in [0.3, 0.4) is 0 Å². The van der Waals surface area contributed by atoms with Crippen LogP contribution in [0, 0.1) is 6.92 Å². The molecule has 0 radical (unpaired) electrons. The number of aliphatic imine (C=N–C) groups is 1. The van der Waals surface area contributed by atoms with Gasteiger partial charge in [0.2, 0.25) is 5.91 Å². The number of amidine groups is 1. The predicted octanol–water partition coefficient (Wildman–Crippen LogP) is 7.99. The number of hydrogen-bond acceptors (Lipinski definition) is 3. The molecular formula is C35H42Cl2N4O. The Hall–Kier alpha value is -3.38. The fraction of sp³-hybridized carbons (Fsp3) is 0.314. The second-order valence-electron chi connectivity index (χ2n) is 10.9. The Morgan fingerprint density at radius 2 is 1.64 bits per heavy atom. The molecular weight excluding hydrogens is 563 g/mol. The van der Waals surface area contributed by atoms with E-state index in [4.69, 9.17) is 33.9 Å². The number of halogens is 2. The van der Waals surface area contributed by atoms with Gasteiger partial charge in [-0.05, 0) is 74.6 Å². The van der Waals surface area contributed by atoms with Crippen LogP contribution in [0.15, 0.2) is 95.6 Å². The van der Waals surface area contributed by atoms with E-state index >= 15 is 0 Å². The zero-order chi connectivity index (χ0) is 30.9. The summed E-state index contributed by atoms with van der Waals surface area (Å²) in [4.78, 5) is 20.4. The standard InChI is InChI=1S/C35H42Cl2N4O/c1-7-27(29-17-13-12-14-24(29)3)22-32(40-34(42)35(4,5)38)33(39-6)41(23-26-18-19-30(36)31(37)21-26)28(8-2)20-25-15-10-9-11-16-25/h7-19,21,32H,20,22-23,38H2,1-6H3,(H,40,42)/b27-7-,28-8?,39-33-/t32-/m1/s1. The quantitative estimate of drug-likeness (QED) is 0.172. The molecule has 0 fully saturated rings. The molecule has 1 amide bonds. The monoisotopic (exact) mass is 604 g/mol. The molecule has 3 N–H and O–H groups in total. The second-order valence-corrected chi connectivity index (χ2v) is 11.8. The average Bonchev–Trinajstić information content (AvgIpc) is 2.96. The van der Waals surface area contributed by atoms with Crippen LogP contribution in [0.1, 0.15) is 56.4 Å². The Morgan fingerprint density at radius 3 is 2.21 bits per heavy atom. The summed E-state index contributed by atoms with van der Waals surface area (Å²) < 4.78 is 0. The number of benzene rings is 3. The van der Waals surface area contributed by atoms with E-state index < -0.39 is 11.6 Å². The van der Waals surface area contributed by atoms with Crippen molar-refractivity contribution in [2.75, 3.05) is 7.05 Å². The van der Waals surface area contributed by atoms with Crippen molar-refractivity contribution < 1.29 is 4.79 Å². The summed E-state index contributed by atoms with van der Waals surface area (Å²) in [5.41, 5.74) is 11.8. The highest BCUT2D eigenvalue weighted by Crippen LogP contribution is 2.28. The van der Waals surface area contributed by atoms with Crippen LogP contribution in [0.4, 0.5) is 0 Å². The van der Waals surface area contributed by atoms with Crippen LogP contribution in [0.25, 0.3) is 5.57 Å². The van der Waals surface area contributed by atoms with Crippen molar-refractivity contribution in [2.45, 2.75) is 65.6 Å². The van der Waals surface area contributed by atoms with Gasteiger partial charge in [-0.1, -0.05) is 96.0 Å². The van der Waals surface area contributed by atoms with Crippen molar-refractivity contribution in [1.82, 2.24) is 10.2 Å². The van der Waals surface area contributed by atoms with Gasteiger partial charge in [0.05, 0.1) is 21.6 Å². The summed E-state index contributed by atoms with van der Waals surface area (Å²) >= 11 is 12.7. The molecule has 0 aliphatic carbocycles. The van der Waals surface area contributed by atoms with E-state index in [2.05, 4.69) is 53.6 Å². The van der Waals surface area contributed by atoms with Crippen LogP contribution in [-0.4, -0.2) is 35.3 Å². The normalized spacial score (nSPS) is 13.6. The molecule has 3 rings (SSSR count). The fourth-order valence-electron chi connectivity index (χ4n) is 4.86. The lowest BCUT2D eigenvalue weighted by molar-refractivity contribution is -0.125. The topological polar surface area (TPSA) is 70.7 Å². The molecule has 0 unspecified atom stereocenters. The van der Waals surface area contributed by atoms with Gasteiger partial charge in [-0.2, -0.15) is 0 Å². The highest BCUT2D eigenvalue weighted by molar-refractivity contribution is 6.42. The zero-order valence-corrected chi connectivity index (χ0v) is 26.9. The first-order chi connectivity index (χ1) is 20.0. The second kappa shape index (κ2) is 15.2. The van der Waals surface area contributed by atoms with Crippen LogP contribution in [-0.2, 0) is 17.8 Å². The Kier molecular flexibility index (Phi) is 12.0. The van der Waals surface area contributed by atoms with Crippen molar-refractivity contribution in [1.29, 1.82) is 0 Å². The van der Waals surface area contributed by atoms with Gasteiger partial charge in [0.15, 0.2) is 0 Å². The first-order valence-corrected chi connectivity index (χ1v) is 14.9. The number of carbonyl (C=O) groups excluding carboxylic acids is 1. The van der Waals surface area contributed by atoms with E-state index in [0.717, 1.165) is 39.4 Å². The van der Waals surface area contributed by atoms with Gasteiger partial charge in [-0.15, -0.1) is 0 Å². The molecule has 0 aliphatic rings. The maximum Gasteiger partial charge on any atom is 0.240 e. The van der Waals surface area contributed by atoms with E-state index in [1.54, 1.807) is 27.0 Å². The summed E-state index contributed by atoms with van der Waals surface area (Å²) in [5.74, 6) is 0.462. The minimum Gasteiger partial charge on any atom is -0.344 e. The van der Waals surface area contributed by atoms with Crippen LogP contribution in [0.5, 0.6) is 0 Å². The van der Waals surface area contributed by atoms with Crippen LogP contribution >= 0.6 is 23.2 Å². The Balaban J connectivity index is 2.13. The summed E-state index contributed by atoms with van der Waals surface area (Å²) in [6, 6.07) is 23.7. The molecule has 1 atom stereocenters.